The SMILES string of the molecule is N[C@@H](Cn1cc(-c2ccccn2)nn1)C(=O)O. The van der Waals surface area contributed by atoms with Crippen LogP contribution in [-0.4, -0.2) is 37.1 Å². The van der Waals surface area contributed by atoms with Gasteiger partial charge in [-0.1, -0.05) is 11.3 Å². The highest BCUT2D eigenvalue weighted by Crippen LogP contribution is 2.11. The lowest BCUT2D eigenvalue weighted by molar-refractivity contribution is -0.138. The van der Waals surface area contributed by atoms with Crippen LogP contribution in [0.4, 0.5) is 0 Å². The van der Waals surface area contributed by atoms with E-state index in [9.17, 15) is 4.79 Å². The molecule has 0 aliphatic rings. The summed E-state index contributed by atoms with van der Waals surface area (Å²) in [6, 6.07) is 4.44. The lowest BCUT2D eigenvalue weighted by Gasteiger charge is -2.04. The average Bonchev–Trinajstić information content (AvgIpc) is 2.78. The number of carbonyl (C=O) groups is 1. The summed E-state index contributed by atoms with van der Waals surface area (Å²) in [5.74, 6) is -1.07. The van der Waals surface area contributed by atoms with Gasteiger partial charge in [0.1, 0.15) is 11.7 Å². The van der Waals surface area contributed by atoms with E-state index in [2.05, 4.69) is 15.3 Å². The second-order valence-corrected chi connectivity index (χ2v) is 3.49. The van der Waals surface area contributed by atoms with E-state index in [0.717, 1.165) is 0 Å². The Labute approximate surface area is 96.9 Å². The first-order chi connectivity index (χ1) is 8.16. The summed E-state index contributed by atoms with van der Waals surface area (Å²) in [7, 11) is 0. The summed E-state index contributed by atoms with van der Waals surface area (Å²) in [6.45, 7) is 0.0785. The Kier molecular flexibility index (Phi) is 3.10. The average molecular weight is 233 g/mol. The van der Waals surface area contributed by atoms with Gasteiger partial charge in [-0.15, -0.1) is 5.10 Å². The van der Waals surface area contributed by atoms with Crippen molar-refractivity contribution in [2.75, 3.05) is 0 Å². The van der Waals surface area contributed by atoms with Crippen molar-refractivity contribution in [3.63, 3.8) is 0 Å². The molecule has 88 valence electrons. The van der Waals surface area contributed by atoms with E-state index in [1.807, 2.05) is 6.07 Å². The predicted octanol–water partition coefficient (Wildman–Crippen LogP) is -0.248. The third-order valence-electron chi connectivity index (χ3n) is 2.17. The molecule has 7 heteroatoms. The van der Waals surface area contributed by atoms with Crippen LogP contribution in [0.25, 0.3) is 11.4 Å². The van der Waals surface area contributed by atoms with Gasteiger partial charge in [0.05, 0.1) is 18.4 Å². The molecule has 0 saturated heterocycles. The van der Waals surface area contributed by atoms with E-state index < -0.39 is 12.0 Å². The molecule has 1 atom stereocenters. The van der Waals surface area contributed by atoms with Crippen molar-refractivity contribution in [3.8, 4) is 11.4 Å². The van der Waals surface area contributed by atoms with Crippen molar-refractivity contribution in [2.24, 2.45) is 5.73 Å². The van der Waals surface area contributed by atoms with E-state index >= 15 is 0 Å². The fourth-order valence-corrected chi connectivity index (χ4v) is 1.30. The molecule has 0 unspecified atom stereocenters. The van der Waals surface area contributed by atoms with Gasteiger partial charge in [0.15, 0.2) is 0 Å². The number of hydrogen-bond acceptors (Lipinski definition) is 5. The molecule has 0 fully saturated rings. The number of pyridine rings is 1. The highest BCUT2D eigenvalue weighted by Gasteiger charge is 2.13. The number of aliphatic carboxylic acids is 1. The van der Waals surface area contributed by atoms with Crippen LogP contribution in [0.1, 0.15) is 0 Å². The van der Waals surface area contributed by atoms with Crippen molar-refractivity contribution in [2.45, 2.75) is 12.6 Å². The van der Waals surface area contributed by atoms with Crippen LogP contribution in [0, 0.1) is 0 Å². The first kappa shape index (κ1) is 11.2. The predicted molar refractivity (Wildman–Crippen MR) is 58.9 cm³/mol. The Bertz CT molecular complexity index is 510. The minimum absolute atomic E-state index is 0.0785. The second kappa shape index (κ2) is 4.71. The highest BCUT2D eigenvalue weighted by atomic mass is 16.4. The summed E-state index contributed by atoms with van der Waals surface area (Å²) in [5, 5.41) is 16.4. The maximum absolute atomic E-state index is 10.6. The summed E-state index contributed by atoms with van der Waals surface area (Å²) >= 11 is 0. The molecule has 0 radical (unpaired) electrons. The van der Waals surface area contributed by atoms with E-state index in [4.69, 9.17) is 10.8 Å². The Balaban J connectivity index is 2.14. The zero-order valence-corrected chi connectivity index (χ0v) is 8.89. The van der Waals surface area contributed by atoms with Crippen LogP contribution in [0.5, 0.6) is 0 Å². The molecule has 17 heavy (non-hydrogen) atoms. The number of rotatable bonds is 4. The number of carboxylic acid groups (broad SMARTS) is 1. The van der Waals surface area contributed by atoms with Gasteiger partial charge in [-0.05, 0) is 12.1 Å². The molecule has 2 aromatic rings. The van der Waals surface area contributed by atoms with Crippen molar-refractivity contribution < 1.29 is 9.90 Å². The molecule has 0 amide bonds. The summed E-state index contributed by atoms with van der Waals surface area (Å²) in [4.78, 5) is 14.7. The molecule has 0 aliphatic carbocycles. The molecule has 0 spiro atoms. The summed E-state index contributed by atoms with van der Waals surface area (Å²) < 4.78 is 1.39. The Morgan fingerprint density at radius 3 is 2.94 bits per heavy atom. The minimum Gasteiger partial charge on any atom is -0.480 e. The van der Waals surface area contributed by atoms with Gasteiger partial charge < -0.3 is 10.8 Å². The molecule has 7 nitrogen and oxygen atoms in total. The Hall–Kier alpha value is -2.28. The van der Waals surface area contributed by atoms with Gasteiger partial charge in [0, 0.05) is 6.20 Å². The van der Waals surface area contributed by atoms with Crippen molar-refractivity contribution >= 4 is 5.97 Å². The standard InChI is InChI=1S/C10H11N5O2/c11-7(10(16)17)5-15-6-9(13-14-15)8-3-1-2-4-12-8/h1-4,6-7H,5,11H2,(H,16,17)/t7-/m0/s1. The van der Waals surface area contributed by atoms with Gasteiger partial charge in [-0.3, -0.25) is 9.78 Å². The number of aromatic nitrogens is 4. The van der Waals surface area contributed by atoms with Crippen LogP contribution in [0.2, 0.25) is 0 Å². The van der Waals surface area contributed by atoms with Gasteiger partial charge in [0.2, 0.25) is 0 Å². The molecule has 0 saturated carbocycles. The number of nitrogens with zero attached hydrogens (tertiary/aromatic N) is 4. The normalized spacial score (nSPS) is 12.3. The van der Waals surface area contributed by atoms with Crippen molar-refractivity contribution in [1.82, 2.24) is 20.0 Å². The molecule has 0 bridgehead atoms. The zero-order valence-electron chi connectivity index (χ0n) is 8.89. The molecular formula is C10H11N5O2. The first-order valence-corrected chi connectivity index (χ1v) is 4.97. The van der Waals surface area contributed by atoms with E-state index in [1.54, 1.807) is 24.5 Å². The van der Waals surface area contributed by atoms with E-state index in [-0.39, 0.29) is 6.54 Å². The van der Waals surface area contributed by atoms with Gasteiger partial charge in [0.25, 0.3) is 0 Å². The monoisotopic (exact) mass is 233 g/mol. The second-order valence-electron chi connectivity index (χ2n) is 3.49. The maximum Gasteiger partial charge on any atom is 0.322 e. The van der Waals surface area contributed by atoms with Crippen LogP contribution in [0.3, 0.4) is 0 Å². The minimum atomic E-state index is -1.07. The molecular weight excluding hydrogens is 222 g/mol. The lowest BCUT2D eigenvalue weighted by Crippen LogP contribution is -2.34. The summed E-state index contributed by atoms with van der Waals surface area (Å²) in [5.41, 5.74) is 6.66. The van der Waals surface area contributed by atoms with Crippen LogP contribution < -0.4 is 5.73 Å². The molecule has 0 aromatic carbocycles. The number of nitrogens with two attached hydrogens (primary N) is 1. The smallest absolute Gasteiger partial charge is 0.322 e. The zero-order chi connectivity index (χ0) is 12.3. The van der Waals surface area contributed by atoms with Crippen molar-refractivity contribution in [3.05, 3.63) is 30.6 Å². The highest BCUT2D eigenvalue weighted by molar-refractivity contribution is 5.72. The van der Waals surface area contributed by atoms with Gasteiger partial charge >= 0.3 is 5.97 Å². The quantitative estimate of drug-likeness (QED) is 0.754. The number of carboxylic acids is 1. The van der Waals surface area contributed by atoms with Crippen LogP contribution in [0.15, 0.2) is 30.6 Å². The van der Waals surface area contributed by atoms with Crippen molar-refractivity contribution in [1.29, 1.82) is 0 Å². The molecule has 0 aliphatic heterocycles. The van der Waals surface area contributed by atoms with E-state index in [0.29, 0.717) is 11.4 Å². The summed E-state index contributed by atoms with van der Waals surface area (Å²) in [6.07, 6.45) is 3.27. The lowest BCUT2D eigenvalue weighted by atomic mass is 10.3. The fourth-order valence-electron chi connectivity index (χ4n) is 1.30. The Morgan fingerprint density at radius 2 is 2.29 bits per heavy atom. The fraction of sp³-hybridized carbons (Fsp3) is 0.200. The molecule has 2 heterocycles. The first-order valence-electron chi connectivity index (χ1n) is 4.97. The topological polar surface area (TPSA) is 107 Å². The van der Waals surface area contributed by atoms with Gasteiger partial charge in [-0.25, -0.2) is 4.68 Å². The van der Waals surface area contributed by atoms with Gasteiger partial charge in [-0.2, -0.15) is 0 Å². The third-order valence-corrected chi connectivity index (χ3v) is 2.17. The van der Waals surface area contributed by atoms with Crippen LogP contribution in [-0.2, 0) is 11.3 Å². The third kappa shape index (κ3) is 2.64. The molecule has 3 N–H and O–H groups in total. The number of hydrogen-bond donors (Lipinski definition) is 2. The maximum atomic E-state index is 10.6. The largest absolute Gasteiger partial charge is 0.480 e. The van der Waals surface area contributed by atoms with E-state index in [1.165, 1.54) is 4.68 Å². The van der Waals surface area contributed by atoms with Crippen LogP contribution >= 0.6 is 0 Å². The Morgan fingerprint density at radius 1 is 1.47 bits per heavy atom. The molecule has 2 aromatic heterocycles. The molecule has 2 rings (SSSR count).